The molecule has 1 amide bonds. The summed E-state index contributed by atoms with van der Waals surface area (Å²) >= 11 is 1.51. The van der Waals surface area contributed by atoms with Crippen molar-refractivity contribution < 1.29 is 9.53 Å². The van der Waals surface area contributed by atoms with Crippen LogP contribution in [0.25, 0.3) is 0 Å². The normalized spacial score (nSPS) is 10.6. The monoisotopic (exact) mass is 289 g/mol. The summed E-state index contributed by atoms with van der Waals surface area (Å²) in [6.07, 6.45) is 1.02. The Labute approximate surface area is 123 Å². The Morgan fingerprint density at radius 1 is 1.35 bits per heavy atom. The maximum Gasteiger partial charge on any atom is 0.256 e. The van der Waals surface area contributed by atoms with Crippen molar-refractivity contribution in [2.24, 2.45) is 5.92 Å². The van der Waals surface area contributed by atoms with Crippen molar-refractivity contribution in [3.63, 3.8) is 0 Å². The van der Waals surface area contributed by atoms with Gasteiger partial charge >= 0.3 is 0 Å². The van der Waals surface area contributed by atoms with E-state index >= 15 is 0 Å². The third-order valence-electron chi connectivity index (χ3n) is 2.84. The van der Waals surface area contributed by atoms with Gasteiger partial charge in [-0.05, 0) is 35.9 Å². The molecular formula is C16H19NO2S. The van der Waals surface area contributed by atoms with Crippen LogP contribution in [0.5, 0.6) is 5.75 Å². The van der Waals surface area contributed by atoms with E-state index in [0.29, 0.717) is 18.1 Å². The van der Waals surface area contributed by atoms with Crippen LogP contribution in [0, 0.1) is 5.92 Å². The first-order valence-corrected chi connectivity index (χ1v) is 7.66. The number of rotatable bonds is 6. The van der Waals surface area contributed by atoms with Gasteiger partial charge in [-0.3, -0.25) is 4.79 Å². The van der Waals surface area contributed by atoms with E-state index < -0.39 is 0 Å². The lowest BCUT2D eigenvalue weighted by atomic mass is 10.1. The Balaban J connectivity index is 1.94. The molecule has 2 rings (SSSR count). The number of benzene rings is 1. The van der Waals surface area contributed by atoms with Crippen molar-refractivity contribution in [1.29, 1.82) is 0 Å². The van der Waals surface area contributed by atoms with E-state index in [1.165, 1.54) is 11.3 Å². The molecule has 20 heavy (non-hydrogen) atoms. The van der Waals surface area contributed by atoms with Crippen molar-refractivity contribution in [3.8, 4) is 5.75 Å². The molecule has 2 aromatic rings. The van der Waals surface area contributed by atoms with Crippen LogP contribution < -0.4 is 10.1 Å². The quantitative estimate of drug-likeness (QED) is 0.854. The van der Waals surface area contributed by atoms with Gasteiger partial charge in [0.2, 0.25) is 0 Å². The molecule has 1 aromatic carbocycles. The highest BCUT2D eigenvalue weighted by Crippen LogP contribution is 2.19. The Morgan fingerprint density at radius 3 is 2.90 bits per heavy atom. The van der Waals surface area contributed by atoms with Gasteiger partial charge in [0.15, 0.2) is 0 Å². The Kier molecular flexibility index (Phi) is 5.18. The van der Waals surface area contributed by atoms with Crippen LogP contribution in [0.2, 0.25) is 0 Å². The Morgan fingerprint density at radius 2 is 2.20 bits per heavy atom. The van der Waals surface area contributed by atoms with Gasteiger partial charge in [0, 0.05) is 17.1 Å². The molecule has 0 unspecified atom stereocenters. The van der Waals surface area contributed by atoms with Crippen LogP contribution >= 0.6 is 11.3 Å². The molecule has 106 valence electrons. The van der Waals surface area contributed by atoms with E-state index in [1.807, 2.05) is 41.1 Å². The molecule has 0 aliphatic rings. The van der Waals surface area contributed by atoms with Crippen molar-refractivity contribution in [2.75, 3.05) is 11.9 Å². The number of carbonyl (C=O) groups excluding carboxylic acids is 1. The van der Waals surface area contributed by atoms with Gasteiger partial charge in [0.25, 0.3) is 5.91 Å². The molecule has 4 heteroatoms. The van der Waals surface area contributed by atoms with Crippen molar-refractivity contribution >= 4 is 22.9 Å². The minimum atomic E-state index is -0.0921. The van der Waals surface area contributed by atoms with Gasteiger partial charge in [-0.2, -0.15) is 11.3 Å². The van der Waals surface area contributed by atoms with Gasteiger partial charge in [0.05, 0.1) is 12.2 Å². The molecule has 3 nitrogen and oxygen atoms in total. The number of anilines is 1. The highest BCUT2D eigenvalue weighted by molar-refractivity contribution is 7.08. The van der Waals surface area contributed by atoms with Crippen LogP contribution in [0.15, 0.2) is 41.1 Å². The molecule has 0 atom stereocenters. The maximum absolute atomic E-state index is 11.9. The second-order valence-electron chi connectivity index (χ2n) is 5.02. The summed E-state index contributed by atoms with van der Waals surface area (Å²) in [6.45, 7) is 5.03. The summed E-state index contributed by atoms with van der Waals surface area (Å²) in [5, 5.41) is 6.59. The molecular weight excluding hydrogens is 270 g/mol. The molecule has 0 saturated carbocycles. The SMILES string of the molecule is CC(C)CCOc1cccc(NC(=O)c2ccsc2)c1. The second-order valence-corrected chi connectivity index (χ2v) is 5.80. The van der Waals surface area contributed by atoms with Gasteiger partial charge in [-0.15, -0.1) is 0 Å². The predicted molar refractivity (Wildman–Crippen MR) is 83.7 cm³/mol. The number of thiophene rings is 1. The lowest BCUT2D eigenvalue weighted by Crippen LogP contribution is -2.10. The molecule has 0 radical (unpaired) electrons. The van der Waals surface area contributed by atoms with Crippen molar-refractivity contribution in [3.05, 3.63) is 46.7 Å². The van der Waals surface area contributed by atoms with E-state index in [0.717, 1.165) is 17.9 Å². The zero-order valence-corrected chi connectivity index (χ0v) is 12.6. The first kappa shape index (κ1) is 14.6. The lowest BCUT2D eigenvalue weighted by Gasteiger charge is -2.10. The Bertz CT molecular complexity index is 549. The Hall–Kier alpha value is -1.81. The topological polar surface area (TPSA) is 38.3 Å². The predicted octanol–water partition coefficient (Wildman–Crippen LogP) is 4.43. The number of nitrogens with one attached hydrogen (secondary N) is 1. The van der Waals surface area contributed by atoms with E-state index in [4.69, 9.17) is 4.74 Å². The third kappa shape index (κ3) is 4.38. The fraction of sp³-hybridized carbons (Fsp3) is 0.312. The molecule has 0 bridgehead atoms. The minimum absolute atomic E-state index is 0.0921. The van der Waals surface area contributed by atoms with E-state index in [-0.39, 0.29) is 5.91 Å². The van der Waals surface area contributed by atoms with E-state index in [9.17, 15) is 4.79 Å². The van der Waals surface area contributed by atoms with Gasteiger partial charge in [0.1, 0.15) is 5.75 Å². The fourth-order valence-electron chi connectivity index (χ4n) is 1.67. The summed E-state index contributed by atoms with van der Waals surface area (Å²) in [7, 11) is 0. The van der Waals surface area contributed by atoms with E-state index in [2.05, 4.69) is 19.2 Å². The molecule has 0 fully saturated rings. The standard InChI is InChI=1S/C16H19NO2S/c1-12(2)6-8-19-15-5-3-4-14(10-15)17-16(18)13-7-9-20-11-13/h3-5,7,9-12H,6,8H2,1-2H3,(H,17,18). The average molecular weight is 289 g/mol. The van der Waals surface area contributed by atoms with Gasteiger partial charge < -0.3 is 10.1 Å². The van der Waals surface area contributed by atoms with Gasteiger partial charge in [-0.25, -0.2) is 0 Å². The summed E-state index contributed by atoms with van der Waals surface area (Å²) in [4.78, 5) is 11.9. The first-order chi connectivity index (χ1) is 9.65. The zero-order chi connectivity index (χ0) is 14.4. The summed E-state index contributed by atoms with van der Waals surface area (Å²) < 4.78 is 5.68. The van der Waals surface area contributed by atoms with Crippen LogP contribution in [0.1, 0.15) is 30.6 Å². The molecule has 0 aliphatic heterocycles. The molecule has 1 heterocycles. The summed E-state index contributed by atoms with van der Waals surface area (Å²) in [5.41, 5.74) is 1.43. The largest absolute Gasteiger partial charge is 0.494 e. The van der Waals surface area contributed by atoms with Crippen molar-refractivity contribution in [1.82, 2.24) is 0 Å². The zero-order valence-electron chi connectivity index (χ0n) is 11.8. The number of amides is 1. The first-order valence-electron chi connectivity index (χ1n) is 6.71. The molecule has 1 N–H and O–H groups in total. The second kappa shape index (κ2) is 7.10. The van der Waals surface area contributed by atoms with Gasteiger partial charge in [-0.1, -0.05) is 19.9 Å². The molecule has 0 saturated heterocycles. The number of carbonyl (C=O) groups is 1. The lowest BCUT2D eigenvalue weighted by molar-refractivity contribution is 0.102. The van der Waals surface area contributed by atoms with Crippen LogP contribution in [-0.2, 0) is 0 Å². The molecule has 0 spiro atoms. The van der Waals surface area contributed by atoms with Crippen LogP contribution in [0.4, 0.5) is 5.69 Å². The number of hydrogen-bond donors (Lipinski definition) is 1. The van der Waals surface area contributed by atoms with Crippen molar-refractivity contribution in [2.45, 2.75) is 20.3 Å². The van der Waals surface area contributed by atoms with E-state index in [1.54, 1.807) is 0 Å². The molecule has 0 aliphatic carbocycles. The smallest absolute Gasteiger partial charge is 0.256 e. The summed E-state index contributed by atoms with van der Waals surface area (Å²) in [5.74, 6) is 1.32. The fourth-order valence-corrected chi connectivity index (χ4v) is 2.31. The molecule has 1 aromatic heterocycles. The average Bonchev–Trinajstić information content (AvgIpc) is 2.92. The maximum atomic E-state index is 11.9. The summed E-state index contributed by atoms with van der Waals surface area (Å²) in [6, 6.07) is 9.31. The number of ether oxygens (including phenoxy) is 1. The highest BCUT2D eigenvalue weighted by Gasteiger charge is 2.06. The van der Waals surface area contributed by atoms with Crippen LogP contribution in [-0.4, -0.2) is 12.5 Å². The highest BCUT2D eigenvalue weighted by atomic mass is 32.1. The third-order valence-corrected chi connectivity index (χ3v) is 3.52. The minimum Gasteiger partial charge on any atom is -0.494 e. The van der Waals surface area contributed by atoms with Crippen LogP contribution in [0.3, 0.4) is 0 Å². The number of hydrogen-bond acceptors (Lipinski definition) is 3.